The van der Waals surface area contributed by atoms with Crippen molar-refractivity contribution >= 4 is 11.6 Å². The lowest BCUT2D eigenvalue weighted by Crippen LogP contribution is -2.07. The van der Waals surface area contributed by atoms with Crippen molar-refractivity contribution in [3.63, 3.8) is 0 Å². The van der Waals surface area contributed by atoms with Crippen molar-refractivity contribution in [1.29, 1.82) is 0 Å². The molecule has 1 aromatic rings. The Kier molecular flexibility index (Phi) is 11.2. The number of Topliss-reactive ketones (excluding diaryl/α,β-unsaturated/α-hetero) is 1. The number of methoxy groups -OCH3 is 1. The van der Waals surface area contributed by atoms with Gasteiger partial charge in [-0.05, 0) is 18.8 Å². The van der Waals surface area contributed by atoms with Gasteiger partial charge in [0.15, 0.2) is 5.78 Å². The van der Waals surface area contributed by atoms with Gasteiger partial charge in [-0.3, -0.25) is 4.79 Å². The number of carbonyl (C=O) groups excluding carboxylic acids is 1. The molecule has 0 atom stereocenters. The maximum absolute atomic E-state index is 12.1. The molecule has 4 nitrogen and oxygen atoms in total. The fraction of sp³-hybridized carbons (Fsp3) is 0.667. The highest BCUT2D eigenvalue weighted by atomic mass is 16.5. The van der Waals surface area contributed by atoms with E-state index in [0.29, 0.717) is 23.7 Å². The summed E-state index contributed by atoms with van der Waals surface area (Å²) in [6.45, 7) is 11.4. The van der Waals surface area contributed by atoms with Crippen LogP contribution in [-0.4, -0.2) is 24.4 Å². The van der Waals surface area contributed by atoms with Crippen LogP contribution in [0.2, 0.25) is 0 Å². The summed E-state index contributed by atoms with van der Waals surface area (Å²) in [5.41, 5.74) is 0.574. The Morgan fingerprint density at radius 1 is 1.32 bits per heavy atom. The monoisotopic (exact) mass is 308 g/mol. The first-order valence-electron chi connectivity index (χ1n) is 8.31. The quantitative estimate of drug-likeness (QED) is 0.690. The molecule has 1 heterocycles. The zero-order chi connectivity index (χ0) is 17.0. The van der Waals surface area contributed by atoms with E-state index in [1.165, 1.54) is 6.42 Å². The summed E-state index contributed by atoms with van der Waals surface area (Å²) in [5.74, 6) is 1.97. The SMILES string of the molecule is CCC.CCCNc1cc(OC)c(C(=O)CCC(C)C)cn1. The van der Waals surface area contributed by atoms with Gasteiger partial charge in [0.2, 0.25) is 0 Å². The van der Waals surface area contributed by atoms with Crippen molar-refractivity contribution in [3.05, 3.63) is 17.8 Å². The maximum atomic E-state index is 12.1. The summed E-state index contributed by atoms with van der Waals surface area (Å²) >= 11 is 0. The molecule has 0 saturated heterocycles. The molecule has 0 spiro atoms. The number of nitrogens with zero attached hydrogens (tertiary/aromatic N) is 1. The first-order valence-corrected chi connectivity index (χ1v) is 8.31. The molecule has 0 unspecified atom stereocenters. The highest BCUT2D eigenvalue weighted by Gasteiger charge is 2.14. The molecular weight excluding hydrogens is 276 g/mol. The average Bonchev–Trinajstić information content (AvgIpc) is 2.51. The van der Waals surface area contributed by atoms with Crippen LogP contribution in [0.3, 0.4) is 0 Å². The number of pyridine rings is 1. The lowest BCUT2D eigenvalue weighted by Gasteiger charge is -2.11. The van der Waals surface area contributed by atoms with Gasteiger partial charge < -0.3 is 10.1 Å². The second-order valence-electron chi connectivity index (χ2n) is 5.76. The number of hydrogen-bond acceptors (Lipinski definition) is 4. The molecule has 0 saturated carbocycles. The van der Waals surface area contributed by atoms with Crippen LogP contribution in [0.25, 0.3) is 0 Å². The molecule has 0 aliphatic carbocycles. The summed E-state index contributed by atoms with van der Waals surface area (Å²) in [6, 6.07) is 1.79. The Bertz CT molecular complexity index is 431. The van der Waals surface area contributed by atoms with Gasteiger partial charge in [0.25, 0.3) is 0 Å². The molecule has 22 heavy (non-hydrogen) atoms. The van der Waals surface area contributed by atoms with Crippen LogP contribution in [-0.2, 0) is 0 Å². The predicted molar refractivity (Wildman–Crippen MR) is 93.9 cm³/mol. The Morgan fingerprint density at radius 2 is 1.95 bits per heavy atom. The number of anilines is 1. The van der Waals surface area contributed by atoms with Gasteiger partial charge in [-0.1, -0.05) is 41.0 Å². The summed E-state index contributed by atoms with van der Waals surface area (Å²) in [6.07, 6.45) is 5.31. The van der Waals surface area contributed by atoms with E-state index in [-0.39, 0.29) is 5.78 Å². The standard InChI is InChI=1S/C15H24N2O2.C3H8/c1-5-8-16-15-9-14(19-4)12(10-17-15)13(18)7-6-11(2)3;1-3-2/h9-11H,5-8H2,1-4H3,(H,16,17);3H2,1-2H3. The summed E-state index contributed by atoms with van der Waals surface area (Å²) in [4.78, 5) is 16.4. The fourth-order valence-corrected chi connectivity index (χ4v) is 1.72. The van der Waals surface area contributed by atoms with Crippen molar-refractivity contribution in [2.24, 2.45) is 5.92 Å². The van der Waals surface area contributed by atoms with Crippen molar-refractivity contribution in [2.45, 2.75) is 60.3 Å². The van der Waals surface area contributed by atoms with Crippen LogP contribution in [0.15, 0.2) is 12.3 Å². The number of ketones is 1. The van der Waals surface area contributed by atoms with Gasteiger partial charge in [0, 0.05) is 25.2 Å². The molecule has 0 aliphatic heterocycles. The van der Waals surface area contributed by atoms with E-state index < -0.39 is 0 Å². The number of rotatable bonds is 8. The van der Waals surface area contributed by atoms with Crippen molar-refractivity contribution in [3.8, 4) is 5.75 Å². The Hall–Kier alpha value is -1.58. The van der Waals surface area contributed by atoms with E-state index in [9.17, 15) is 4.79 Å². The molecule has 0 fully saturated rings. The lowest BCUT2D eigenvalue weighted by molar-refractivity contribution is 0.0972. The molecule has 0 amide bonds. The van der Waals surface area contributed by atoms with Crippen LogP contribution in [0, 0.1) is 5.92 Å². The van der Waals surface area contributed by atoms with E-state index in [1.807, 2.05) is 0 Å². The Labute approximate surface area is 135 Å². The summed E-state index contributed by atoms with van der Waals surface area (Å²) in [7, 11) is 1.58. The normalized spacial score (nSPS) is 9.95. The third-order valence-electron chi connectivity index (χ3n) is 2.89. The van der Waals surface area contributed by atoms with Crippen molar-refractivity contribution in [2.75, 3.05) is 19.0 Å². The van der Waals surface area contributed by atoms with Crippen molar-refractivity contribution < 1.29 is 9.53 Å². The highest BCUT2D eigenvalue weighted by Crippen LogP contribution is 2.23. The molecule has 0 aliphatic rings. The van der Waals surface area contributed by atoms with E-state index in [4.69, 9.17) is 4.74 Å². The van der Waals surface area contributed by atoms with Crippen LogP contribution in [0.4, 0.5) is 5.82 Å². The molecule has 4 heteroatoms. The Morgan fingerprint density at radius 3 is 2.45 bits per heavy atom. The number of hydrogen-bond donors (Lipinski definition) is 1. The van der Waals surface area contributed by atoms with Gasteiger partial charge in [0.1, 0.15) is 11.6 Å². The minimum absolute atomic E-state index is 0.0973. The van der Waals surface area contributed by atoms with Gasteiger partial charge in [-0.15, -0.1) is 0 Å². The zero-order valence-electron chi connectivity index (χ0n) is 15.0. The smallest absolute Gasteiger partial charge is 0.168 e. The predicted octanol–water partition coefficient (Wildman–Crippen LogP) is 4.95. The third kappa shape index (κ3) is 8.01. The maximum Gasteiger partial charge on any atom is 0.168 e. The van der Waals surface area contributed by atoms with Gasteiger partial charge >= 0.3 is 0 Å². The van der Waals surface area contributed by atoms with Gasteiger partial charge in [0.05, 0.1) is 12.7 Å². The number of carbonyl (C=O) groups is 1. The molecule has 1 aromatic heterocycles. The van der Waals surface area contributed by atoms with Gasteiger partial charge in [-0.25, -0.2) is 4.98 Å². The lowest BCUT2D eigenvalue weighted by atomic mass is 10.0. The van der Waals surface area contributed by atoms with E-state index >= 15 is 0 Å². The zero-order valence-corrected chi connectivity index (χ0v) is 15.0. The molecule has 0 bridgehead atoms. The van der Waals surface area contributed by atoms with E-state index in [0.717, 1.165) is 25.2 Å². The minimum atomic E-state index is 0.0973. The molecule has 1 N–H and O–H groups in total. The summed E-state index contributed by atoms with van der Waals surface area (Å²) < 4.78 is 5.29. The second kappa shape index (κ2) is 12.0. The minimum Gasteiger partial charge on any atom is -0.496 e. The first kappa shape index (κ1) is 20.4. The topological polar surface area (TPSA) is 51.2 Å². The van der Waals surface area contributed by atoms with Crippen LogP contribution >= 0.6 is 0 Å². The third-order valence-corrected chi connectivity index (χ3v) is 2.89. The van der Waals surface area contributed by atoms with Crippen molar-refractivity contribution in [1.82, 2.24) is 4.98 Å². The molecule has 0 radical (unpaired) electrons. The average molecular weight is 308 g/mol. The number of ether oxygens (including phenoxy) is 1. The van der Waals surface area contributed by atoms with E-state index in [2.05, 4.69) is 44.9 Å². The van der Waals surface area contributed by atoms with E-state index in [1.54, 1.807) is 19.4 Å². The molecule has 0 aromatic carbocycles. The highest BCUT2D eigenvalue weighted by molar-refractivity contribution is 5.98. The van der Waals surface area contributed by atoms with Crippen LogP contribution in [0.1, 0.15) is 70.7 Å². The molecular formula is C18H32N2O2. The molecule has 1 rings (SSSR count). The second-order valence-corrected chi connectivity index (χ2v) is 5.76. The van der Waals surface area contributed by atoms with Gasteiger partial charge in [-0.2, -0.15) is 0 Å². The largest absolute Gasteiger partial charge is 0.496 e. The Balaban J connectivity index is 0.00000135. The first-order chi connectivity index (χ1) is 10.5. The molecule has 126 valence electrons. The number of aromatic nitrogens is 1. The van der Waals surface area contributed by atoms with Crippen LogP contribution in [0.5, 0.6) is 5.75 Å². The fourth-order valence-electron chi connectivity index (χ4n) is 1.72. The van der Waals surface area contributed by atoms with Crippen LogP contribution < -0.4 is 10.1 Å². The summed E-state index contributed by atoms with van der Waals surface area (Å²) in [5, 5.41) is 3.18. The number of nitrogens with one attached hydrogen (secondary N) is 1.